The van der Waals surface area contributed by atoms with Gasteiger partial charge >= 0.3 is 0 Å². The van der Waals surface area contributed by atoms with Gasteiger partial charge in [0, 0.05) is 0 Å². The Morgan fingerprint density at radius 3 is 2.35 bits per heavy atom. The highest BCUT2D eigenvalue weighted by Gasteiger charge is 2.20. The van der Waals surface area contributed by atoms with E-state index in [1.807, 2.05) is 12.1 Å². The summed E-state index contributed by atoms with van der Waals surface area (Å²) < 4.78 is 12.0. The third kappa shape index (κ3) is 4.49. The second-order valence-corrected chi connectivity index (χ2v) is 5.83. The zero-order valence-corrected chi connectivity index (χ0v) is 11.9. The fourth-order valence-corrected chi connectivity index (χ4v) is 3.12. The molecular formula is C18H22FN. The number of aryl methyl sites for hydroxylation is 1. The highest BCUT2D eigenvalue weighted by molar-refractivity contribution is 5.31. The van der Waals surface area contributed by atoms with Gasteiger partial charge in [-0.2, -0.15) is 5.26 Å². The zero-order valence-electron chi connectivity index (χ0n) is 11.9. The summed E-state index contributed by atoms with van der Waals surface area (Å²) in [7, 11) is 0. The largest absolute Gasteiger partial charge is 0.216 e. The van der Waals surface area contributed by atoms with Gasteiger partial charge in [-0.05, 0) is 61.6 Å². The molecule has 0 radical (unpaired) electrons. The van der Waals surface area contributed by atoms with Crippen LogP contribution in [0, 0.1) is 23.2 Å². The van der Waals surface area contributed by atoms with Gasteiger partial charge in [-0.25, -0.2) is 4.39 Å². The van der Waals surface area contributed by atoms with Gasteiger partial charge in [-0.1, -0.05) is 31.1 Å². The molecule has 0 heterocycles. The lowest BCUT2D eigenvalue weighted by atomic mass is 9.78. The highest BCUT2D eigenvalue weighted by atomic mass is 19.1. The Hall–Kier alpha value is -1.62. The Balaban J connectivity index is 1.71. The molecule has 0 spiro atoms. The van der Waals surface area contributed by atoms with Crippen molar-refractivity contribution in [1.29, 1.82) is 5.26 Å². The van der Waals surface area contributed by atoms with Crippen LogP contribution < -0.4 is 0 Å². The quantitative estimate of drug-likeness (QED) is 0.724. The standard InChI is InChI=1S/C18H22FN/c19-13-1-2-15-3-5-16(6-4-15)7-8-17-9-11-18(14-20)12-10-17/h1,9-13,15-16H,2-8H2/b13-1+/t15-,16-. The molecule has 0 N–H and O–H groups in total. The number of benzene rings is 1. The van der Waals surface area contributed by atoms with E-state index in [9.17, 15) is 4.39 Å². The van der Waals surface area contributed by atoms with Crippen molar-refractivity contribution in [2.24, 2.45) is 11.8 Å². The Labute approximate surface area is 121 Å². The SMILES string of the molecule is N#Cc1ccc(CC[C@H]2CC[C@H](C/C=C/F)CC2)cc1. The van der Waals surface area contributed by atoms with Gasteiger partial charge in [0.15, 0.2) is 0 Å². The Kier molecular flexibility index (Phi) is 5.80. The van der Waals surface area contributed by atoms with Crippen LogP contribution in [0.25, 0.3) is 0 Å². The molecule has 20 heavy (non-hydrogen) atoms. The molecule has 0 amide bonds. The minimum Gasteiger partial charge on any atom is -0.216 e. The van der Waals surface area contributed by atoms with Crippen molar-refractivity contribution >= 4 is 0 Å². The van der Waals surface area contributed by atoms with Crippen molar-refractivity contribution in [2.75, 3.05) is 0 Å². The smallest absolute Gasteiger partial charge is 0.0991 e. The van der Waals surface area contributed by atoms with E-state index in [0.717, 1.165) is 24.3 Å². The van der Waals surface area contributed by atoms with Crippen LogP contribution in [0.3, 0.4) is 0 Å². The molecule has 0 aromatic heterocycles. The first kappa shape index (κ1) is 14.8. The average molecular weight is 271 g/mol. The molecule has 0 atom stereocenters. The monoisotopic (exact) mass is 271 g/mol. The minimum absolute atomic E-state index is 0.678. The number of hydrogen-bond donors (Lipinski definition) is 0. The first-order valence-electron chi connectivity index (χ1n) is 7.56. The number of halogens is 1. The molecule has 0 unspecified atom stereocenters. The number of rotatable bonds is 5. The lowest BCUT2D eigenvalue weighted by molar-refractivity contribution is 0.264. The Bertz CT molecular complexity index is 461. The van der Waals surface area contributed by atoms with E-state index in [1.54, 1.807) is 6.08 Å². The summed E-state index contributed by atoms with van der Waals surface area (Å²) in [6.07, 6.45) is 10.6. The molecule has 0 aliphatic heterocycles. The summed E-state index contributed by atoms with van der Waals surface area (Å²) in [4.78, 5) is 0. The van der Waals surface area contributed by atoms with Crippen molar-refractivity contribution in [1.82, 2.24) is 0 Å². The summed E-state index contributed by atoms with van der Waals surface area (Å²) in [6.45, 7) is 0. The third-order valence-corrected chi connectivity index (χ3v) is 4.45. The molecular weight excluding hydrogens is 249 g/mol. The molecule has 1 nitrogen and oxygen atoms in total. The first-order valence-corrected chi connectivity index (χ1v) is 7.56. The summed E-state index contributed by atoms with van der Waals surface area (Å²) in [5.41, 5.74) is 2.06. The van der Waals surface area contributed by atoms with Crippen LogP contribution in [0.4, 0.5) is 4.39 Å². The van der Waals surface area contributed by atoms with Crippen molar-refractivity contribution < 1.29 is 4.39 Å². The number of nitriles is 1. The van der Waals surface area contributed by atoms with Crippen LogP contribution in [0.2, 0.25) is 0 Å². The Morgan fingerprint density at radius 2 is 1.75 bits per heavy atom. The van der Waals surface area contributed by atoms with Crippen LogP contribution in [-0.2, 0) is 6.42 Å². The van der Waals surface area contributed by atoms with Gasteiger partial charge in [0.25, 0.3) is 0 Å². The van der Waals surface area contributed by atoms with E-state index in [4.69, 9.17) is 5.26 Å². The van der Waals surface area contributed by atoms with Crippen LogP contribution in [0.15, 0.2) is 36.7 Å². The molecule has 1 saturated carbocycles. The predicted octanol–water partition coefficient (Wildman–Crippen LogP) is 5.17. The lowest BCUT2D eigenvalue weighted by Crippen LogP contribution is -2.14. The van der Waals surface area contributed by atoms with E-state index in [0.29, 0.717) is 12.2 Å². The van der Waals surface area contributed by atoms with Crippen molar-refractivity contribution in [3.8, 4) is 6.07 Å². The maximum absolute atomic E-state index is 12.0. The molecule has 1 aliphatic rings. The van der Waals surface area contributed by atoms with Crippen molar-refractivity contribution in [2.45, 2.75) is 44.9 Å². The molecule has 1 aromatic rings. The van der Waals surface area contributed by atoms with E-state index in [2.05, 4.69) is 18.2 Å². The Morgan fingerprint density at radius 1 is 1.10 bits per heavy atom. The van der Waals surface area contributed by atoms with E-state index in [-0.39, 0.29) is 0 Å². The average Bonchev–Trinajstić information content (AvgIpc) is 2.52. The van der Waals surface area contributed by atoms with Gasteiger partial charge in [0.1, 0.15) is 0 Å². The topological polar surface area (TPSA) is 23.8 Å². The van der Waals surface area contributed by atoms with E-state index in [1.165, 1.54) is 37.7 Å². The van der Waals surface area contributed by atoms with Crippen LogP contribution >= 0.6 is 0 Å². The highest BCUT2D eigenvalue weighted by Crippen LogP contribution is 2.33. The molecule has 1 aliphatic carbocycles. The van der Waals surface area contributed by atoms with Gasteiger partial charge in [0.05, 0.1) is 18.0 Å². The third-order valence-electron chi connectivity index (χ3n) is 4.45. The molecule has 2 heteroatoms. The number of allylic oxidation sites excluding steroid dienone is 1. The zero-order chi connectivity index (χ0) is 14.2. The molecule has 0 bridgehead atoms. The van der Waals surface area contributed by atoms with E-state index >= 15 is 0 Å². The normalized spacial score (nSPS) is 22.8. The molecule has 1 fully saturated rings. The minimum atomic E-state index is 0.678. The van der Waals surface area contributed by atoms with Crippen LogP contribution in [-0.4, -0.2) is 0 Å². The molecule has 2 rings (SSSR count). The first-order chi connectivity index (χ1) is 9.81. The second kappa shape index (κ2) is 7.85. The summed E-state index contributed by atoms with van der Waals surface area (Å²) in [6, 6.07) is 10.1. The number of nitrogens with zero attached hydrogens (tertiary/aromatic N) is 1. The van der Waals surface area contributed by atoms with Crippen LogP contribution in [0.1, 0.15) is 49.7 Å². The lowest BCUT2D eigenvalue weighted by Gasteiger charge is -2.27. The van der Waals surface area contributed by atoms with Crippen molar-refractivity contribution in [3.05, 3.63) is 47.8 Å². The summed E-state index contributed by atoms with van der Waals surface area (Å²) in [5, 5.41) is 8.77. The van der Waals surface area contributed by atoms with Gasteiger partial charge < -0.3 is 0 Å². The fourth-order valence-electron chi connectivity index (χ4n) is 3.12. The van der Waals surface area contributed by atoms with Gasteiger partial charge in [0.2, 0.25) is 0 Å². The molecule has 1 aromatic carbocycles. The second-order valence-electron chi connectivity index (χ2n) is 5.83. The predicted molar refractivity (Wildman–Crippen MR) is 79.8 cm³/mol. The molecule has 106 valence electrons. The molecule has 0 saturated heterocycles. The van der Waals surface area contributed by atoms with Gasteiger partial charge in [-0.3, -0.25) is 0 Å². The number of hydrogen-bond acceptors (Lipinski definition) is 1. The fraction of sp³-hybridized carbons (Fsp3) is 0.500. The van der Waals surface area contributed by atoms with E-state index < -0.39 is 0 Å². The van der Waals surface area contributed by atoms with Gasteiger partial charge in [-0.15, -0.1) is 0 Å². The summed E-state index contributed by atoms with van der Waals surface area (Å²) in [5.74, 6) is 1.50. The maximum atomic E-state index is 12.0. The van der Waals surface area contributed by atoms with Crippen molar-refractivity contribution in [3.63, 3.8) is 0 Å². The maximum Gasteiger partial charge on any atom is 0.0991 e. The summed E-state index contributed by atoms with van der Waals surface area (Å²) >= 11 is 0. The van der Waals surface area contributed by atoms with Crippen LogP contribution in [0.5, 0.6) is 0 Å².